The normalized spacial score (nSPS) is 13.4. The number of carbonyl (C=O) groups is 1. The molecule has 0 aromatic heterocycles. The number of esters is 1. The monoisotopic (exact) mass is 243 g/mol. The van der Waals surface area contributed by atoms with Gasteiger partial charge in [-0.15, -0.1) is 0 Å². The summed E-state index contributed by atoms with van der Waals surface area (Å²) in [6, 6.07) is 1.42. The summed E-state index contributed by atoms with van der Waals surface area (Å²) in [5, 5.41) is 0.252. The van der Waals surface area contributed by atoms with Crippen molar-refractivity contribution < 1.29 is 19.0 Å². The Hall–Kier alpha value is -1.62. The molecule has 6 heteroatoms. The summed E-state index contributed by atoms with van der Waals surface area (Å²) in [4.78, 5) is 11.5. The number of fused-ring (bicyclic) bond motifs is 1. The summed E-state index contributed by atoms with van der Waals surface area (Å²) < 4.78 is 15.3. The van der Waals surface area contributed by atoms with Gasteiger partial charge in [-0.25, -0.2) is 4.79 Å². The minimum Gasteiger partial charge on any atom is -0.485 e. The van der Waals surface area contributed by atoms with Gasteiger partial charge in [0.1, 0.15) is 23.8 Å². The first-order chi connectivity index (χ1) is 7.65. The highest BCUT2D eigenvalue weighted by molar-refractivity contribution is 6.35. The van der Waals surface area contributed by atoms with Crippen LogP contribution in [0.15, 0.2) is 6.07 Å². The molecule has 16 heavy (non-hydrogen) atoms. The number of halogens is 1. The van der Waals surface area contributed by atoms with Crippen LogP contribution < -0.4 is 15.2 Å². The molecule has 0 fully saturated rings. The summed E-state index contributed by atoms with van der Waals surface area (Å²) in [6.07, 6.45) is 0. The second kappa shape index (κ2) is 4.09. The predicted molar refractivity (Wildman–Crippen MR) is 58.2 cm³/mol. The molecule has 1 aliphatic rings. The van der Waals surface area contributed by atoms with Gasteiger partial charge >= 0.3 is 5.97 Å². The van der Waals surface area contributed by atoms with E-state index in [-0.39, 0.29) is 22.0 Å². The number of nitrogen functional groups attached to an aromatic ring is 1. The molecule has 5 nitrogen and oxygen atoms in total. The molecule has 1 heterocycles. The van der Waals surface area contributed by atoms with Crippen LogP contribution in [0.1, 0.15) is 10.4 Å². The Kier molecular flexibility index (Phi) is 2.78. The maximum Gasteiger partial charge on any atom is 0.341 e. The number of rotatable bonds is 1. The lowest BCUT2D eigenvalue weighted by Gasteiger charge is -2.22. The number of hydrogen-bond donors (Lipinski definition) is 1. The number of nitrogens with two attached hydrogens (primary N) is 1. The molecule has 2 rings (SSSR count). The number of carbonyl (C=O) groups excluding carboxylic acids is 1. The third-order valence-corrected chi connectivity index (χ3v) is 2.57. The number of benzene rings is 1. The molecular formula is C10H10ClNO4. The van der Waals surface area contributed by atoms with Crippen LogP contribution in [0.4, 0.5) is 5.69 Å². The van der Waals surface area contributed by atoms with Crippen molar-refractivity contribution in [1.29, 1.82) is 0 Å². The van der Waals surface area contributed by atoms with Crippen LogP contribution in [-0.4, -0.2) is 26.3 Å². The highest BCUT2D eigenvalue weighted by Crippen LogP contribution is 2.43. The Morgan fingerprint density at radius 1 is 1.44 bits per heavy atom. The van der Waals surface area contributed by atoms with Crippen molar-refractivity contribution in [2.24, 2.45) is 0 Å². The van der Waals surface area contributed by atoms with Gasteiger partial charge in [-0.2, -0.15) is 0 Å². The fraction of sp³-hybridized carbons (Fsp3) is 0.300. The second-order valence-electron chi connectivity index (χ2n) is 3.17. The zero-order valence-electron chi connectivity index (χ0n) is 8.58. The SMILES string of the molecule is COC(=O)c1cc(N)c(Cl)c2c1OCCO2. The fourth-order valence-corrected chi connectivity index (χ4v) is 1.65. The highest BCUT2D eigenvalue weighted by Gasteiger charge is 2.25. The van der Waals surface area contributed by atoms with Gasteiger partial charge in [-0.05, 0) is 6.07 Å². The average molecular weight is 244 g/mol. The van der Waals surface area contributed by atoms with E-state index in [0.29, 0.717) is 19.0 Å². The Labute approximate surface area is 97.0 Å². The second-order valence-corrected chi connectivity index (χ2v) is 3.55. The summed E-state index contributed by atoms with van der Waals surface area (Å²) >= 11 is 5.95. The van der Waals surface area contributed by atoms with Gasteiger partial charge < -0.3 is 19.9 Å². The van der Waals surface area contributed by atoms with Gasteiger partial charge in [0.05, 0.1) is 12.8 Å². The van der Waals surface area contributed by atoms with Crippen LogP contribution in [0.25, 0.3) is 0 Å². The van der Waals surface area contributed by atoms with E-state index < -0.39 is 5.97 Å². The van der Waals surface area contributed by atoms with Crippen LogP contribution >= 0.6 is 11.6 Å². The number of anilines is 1. The van der Waals surface area contributed by atoms with E-state index in [1.165, 1.54) is 13.2 Å². The van der Waals surface area contributed by atoms with Gasteiger partial charge in [0.2, 0.25) is 0 Å². The standard InChI is InChI=1S/C10H10ClNO4/c1-14-10(13)5-4-6(12)7(11)9-8(5)15-2-3-16-9/h4H,2-3,12H2,1H3. The summed E-state index contributed by atoms with van der Waals surface area (Å²) in [7, 11) is 1.28. The molecule has 2 N–H and O–H groups in total. The van der Waals surface area contributed by atoms with E-state index in [0.717, 1.165) is 0 Å². The Morgan fingerprint density at radius 2 is 2.06 bits per heavy atom. The zero-order valence-corrected chi connectivity index (χ0v) is 9.34. The van der Waals surface area contributed by atoms with Crippen molar-refractivity contribution in [3.63, 3.8) is 0 Å². The van der Waals surface area contributed by atoms with Crippen LogP contribution in [0.2, 0.25) is 5.02 Å². The third-order valence-electron chi connectivity index (χ3n) is 2.18. The van der Waals surface area contributed by atoms with E-state index >= 15 is 0 Å². The summed E-state index contributed by atoms with van der Waals surface area (Å²) in [6.45, 7) is 0.730. The molecule has 0 saturated heterocycles. The van der Waals surface area contributed by atoms with Crippen LogP contribution in [0.5, 0.6) is 11.5 Å². The predicted octanol–water partition coefficient (Wildman–Crippen LogP) is 1.48. The molecule has 0 atom stereocenters. The molecule has 0 saturated carbocycles. The van der Waals surface area contributed by atoms with Gasteiger partial charge in [0.15, 0.2) is 11.5 Å². The van der Waals surface area contributed by atoms with E-state index in [2.05, 4.69) is 4.74 Å². The minimum absolute atomic E-state index is 0.221. The van der Waals surface area contributed by atoms with Crippen molar-refractivity contribution in [3.8, 4) is 11.5 Å². The zero-order chi connectivity index (χ0) is 11.7. The van der Waals surface area contributed by atoms with Crippen molar-refractivity contribution >= 4 is 23.3 Å². The largest absolute Gasteiger partial charge is 0.485 e. The quantitative estimate of drug-likeness (QED) is 0.598. The van der Waals surface area contributed by atoms with Gasteiger partial charge in [0, 0.05) is 0 Å². The molecule has 1 aromatic rings. The molecule has 0 unspecified atom stereocenters. The number of ether oxygens (including phenoxy) is 3. The average Bonchev–Trinajstić information content (AvgIpc) is 2.33. The van der Waals surface area contributed by atoms with Crippen molar-refractivity contribution in [2.45, 2.75) is 0 Å². The molecule has 1 aromatic carbocycles. The van der Waals surface area contributed by atoms with E-state index in [1.807, 2.05) is 0 Å². The molecule has 0 bridgehead atoms. The van der Waals surface area contributed by atoms with Crippen LogP contribution in [0.3, 0.4) is 0 Å². The van der Waals surface area contributed by atoms with Crippen LogP contribution in [-0.2, 0) is 4.74 Å². The van der Waals surface area contributed by atoms with Crippen molar-refractivity contribution in [2.75, 3.05) is 26.1 Å². The summed E-state index contributed by atoms with van der Waals surface area (Å²) in [5.41, 5.74) is 6.14. The highest BCUT2D eigenvalue weighted by atomic mass is 35.5. The molecule has 1 aliphatic heterocycles. The lowest BCUT2D eigenvalue weighted by atomic mass is 10.1. The first-order valence-electron chi connectivity index (χ1n) is 4.61. The summed E-state index contributed by atoms with van der Waals surface area (Å²) in [5.74, 6) is 0.0516. The molecular weight excluding hydrogens is 234 g/mol. The molecule has 0 amide bonds. The molecule has 0 radical (unpaired) electrons. The van der Waals surface area contributed by atoms with E-state index in [4.69, 9.17) is 26.8 Å². The van der Waals surface area contributed by atoms with Gasteiger partial charge in [-0.1, -0.05) is 11.6 Å². The minimum atomic E-state index is -0.537. The lowest BCUT2D eigenvalue weighted by molar-refractivity contribution is 0.0590. The van der Waals surface area contributed by atoms with Gasteiger partial charge in [-0.3, -0.25) is 0 Å². The van der Waals surface area contributed by atoms with Crippen molar-refractivity contribution in [1.82, 2.24) is 0 Å². The lowest BCUT2D eigenvalue weighted by Crippen LogP contribution is -2.19. The molecule has 86 valence electrons. The Morgan fingerprint density at radius 3 is 2.69 bits per heavy atom. The topological polar surface area (TPSA) is 70.8 Å². The number of methoxy groups -OCH3 is 1. The van der Waals surface area contributed by atoms with E-state index in [9.17, 15) is 4.79 Å². The first-order valence-corrected chi connectivity index (χ1v) is 4.99. The molecule has 0 spiro atoms. The maximum atomic E-state index is 11.5. The maximum absolute atomic E-state index is 11.5. The van der Waals surface area contributed by atoms with Gasteiger partial charge in [0.25, 0.3) is 0 Å². The van der Waals surface area contributed by atoms with Crippen LogP contribution in [0, 0.1) is 0 Å². The smallest absolute Gasteiger partial charge is 0.341 e. The third kappa shape index (κ3) is 1.63. The number of hydrogen-bond acceptors (Lipinski definition) is 5. The molecule has 0 aliphatic carbocycles. The Bertz CT molecular complexity index is 447. The van der Waals surface area contributed by atoms with Crippen molar-refractivity contribution in [3.05, 3.63) is 16.7 Å². The van der Waals surface area contributed by atoms with E-state index in [1.54, 1.807) is 0 Å². The Balaban J connectivity index is 2.61. The fourth-order valence-electron chi connectivity index (χ4n) is 1.46. The first kappa shape index (κ1) is 10.9.